The SMILES string of the molecule is CC[C@@H](/C=N/NC(=O)NCC1CCC(C(=O)NC)CC1)NC(=O)[C@@H]1CCCN2C(=O)CCN(N)C(=O)N12. The molecular formula is C23H39N9O5. The van der Waals surface area contributed by atoms with Crippen molar-refractivity contribution in [3.63, 3.8) is 0 Å². The van der Waals surface area contributed by atoms with Crippen molar-refractivity contribution in [2.45, 2.75) is 70.4 Å². The fourth-order valence-corrected chi connectivity index (χ4v) is 4.95. The van der Waals surface area contributed by atoms with E-state index in [9.17, 15) is 24.0 Å². The van der Waals surface area contributed by atoms with E-state index in [0.29, 0.717) is 38.3 Å². The maximum atomic E-state index is 13.1. The Balaban J connectivity index is 1.46. The third kappa shape index (κ3) is 7.31. The largest absolute Gasteiger partial charge is 0.359 e. The first-order valence-corrected chi connectivity index (χ1v) is 13.0. The predicted molar refractivity (Wildman–Crippen MR) is 134 cm³/mol. The molecule has 7 amide bonds. The summed E-state index contributed by atoms with van der Waals surface area (Å²) in [6.07, 6.45) is 6.37. The maximum absolute atomic E-state index is 13.1. The lowest BCUT2D eigenvalue weighted by atomic mass is 9.81. The third-order valence-electron chi connectivity index (χ3n) is 7.20. The molecule has 2 heterocycles. The highest BCUT2D eigenvalue weighted by Gasteiger charge is 2.43. The van der Waals surface area contributed by atoms with Crippen LogP contribution < -0.4 is 27.2 Å². The molecule has 0 bridgehead atoms. The van der Waals surface area contributed by atoms with Gasteiger partial charge >= 0.3 is 12.1 Å². The zero-order valence-electron chi connectivity index (χ0n) is 21.6. The van der Waals surface area contributed by atoms with E-state index in [1.807, 2.05) is 6.92 Å². The van der Waals surface area contributed by atoms with Crippen molar-refractivity contribution in [3.05, 3.63) is 0 Å². The average molecular weight is 522 g/mol. The summed E-state index contributed by atoms with van der Waals surface area (Å²) in [6.45, 7) is 2.79. The molecule has 0 spiro atoms. The molecule has 0 aromatic heterocycles. The van der Waals surface area contributed by atoms with E-state index >= 15 is 0 Å². The van der Waals surface area contributed by atoms with Crippen LogP contribution in [0.1, 0.15) is 58.3 Å². The summed E-state index contributed by atoms with van der Waals surface area (Å²) in [5, 5.41) is 15.7. The summed E-state index contributed by atoms with van der Waals surface area (Å²) >= 11 is 0. The van der Waals surface area contributed by atoms with Gasteiger partial charge in [-0.3, -0.25) is 19.4 Å². The number of amides is 7. The molecule has 2 saturated heterocycles. The Morgan fingerprint density at radius 1 is 1.11 bits per heavy atom. The molecule has 3 rings (SSSR count). The number of hydrogen-bond donors (Lipinski definition) is 5. The van der Waals surface area contributed by atoms with E-state index in [0.717, 1.165) is 35.7 Å². The monoisotopic (exact) mass is 521 g/mol. The first-order valence-electron chi connectivity index (χ1n) is 13.0. The van der Waals surface area contributed by atoms with E-state index in [1.54, 1.807) is 7.05 Å². The van der Waals surface area contributed by atoms with Crippen molar-refractivity contribution in [3.8, 4) is 0 Å². The molecule has 3 fully saturated rings. The van der Waals surface area contributed by atoms with Gasteiger partial charge in [0, 0.05) is 45.2 Å². The van der Waals surface area contributed by atoms with Gasteiger partial charge in [0.25, 0.3) is 0 Å². The van der Waals surface area contributed by atoms with Crippen LogP contribution in [-0.4, -0.2) is 89.8 Å². The molecule has 3 aliphatic rings. The zero-order valence-corrected chi connectivity index (χ0v) is 21.6. The normalized spacial score (nSPS) is 25.3. The van der Waals surface area contributed by atoms with Gasteiger partial charge in [-0.25, -0.2) is 30.9 Å². The molecule has 0 aromatic carbocycles. The molecule has 206 valence electrons. The number of fused-ring (bicyclic) bond motifs is 1. The van der Waals surface area contributed by atoms with Crippen molar-refractivity contribution >= 4 is 36.0 Å². The van der Waals surface area contributed by atoms with Gasteiger partial charge in [0.15, 0.2) is 0 Å². The summed E-state index contributed by atoms with van der Waals surface area (Å²) < 4.78 is 0. The van der Waals surface area contributed by atoms with Crippen molar-refractivity contribution in [1.29, 1.82) is 0 Å². The van der Waals surface area contributed by atoms with Crippen molar-refractivity contribution in [2.24, 2.45) is 22.8 Å². The van der Waals surface area contributed by atoms with Crippen molar-refractivity contribution < 1.29 is 24.0 Å². The lowest BCUT2D eigenvalue weighted by Crippen LogP contribution is -2.64. The Labute approximate surface area is 216 Å². The van der Waals surface area contributed by atoms with Gasteiger partial charge < -0.3 is 16.0 Å². The van der Waals surface area contributed by atoms with Crippen LogP contribution in [0.4, 0.5) is 9.59 Å². The van der Waals surface area contributed by atoms with Gasteiger partial charge in [-0.2, -0.15) is 5.10 Å². The number of nitrogens with one attached hydrogen (secondary N) is 4. The molecule has 0 unspecified atom stereocenters. The van der Waals surface area contributed by atoms with Crippen LogP contribution in [0.3, 0.4) is 0 Å². The van der Waals surface area contributed by atoms with Gasteiger partial charge in [-0.05, 0) is 50.9 Å². The Hall–Kier alpha value is -3.42. The fourth-order valence-electron chi connectivity index (χ4n) is 4.95. The summed E-state index contributed by atoms with van der Waals surface area (Å²) in [5.41, 5.74) is 2.41. The van der Waals surface area contributed by atoms with Gasteiger partial charge in [-0.1, -0.05) is 6.92 Å². The lowest BCUT2D eigenvalue weighted by Gasteiger charge is -2.42. The minimum atomic E-state index is -0.869. The molecule has 1 saturated carbocycles. The Morgan fingerprint density at radius 2 is 1.84 bits per heavy atom. The van der Waals surface area contributed by atoms with Crippen LogP contribution in [-0.2, 0) is 14.4 Å². The van der Waals surface area contributed by atoms with E-state index in [-0.39, 0.29) is 30.7 Å². The Bertz CT molecular complexity index is 890. The van der Waals surface area contributed by atoms with E-state index in [1.165, 1.54) is 11.2 Å². The van der Waals surface area contributed by atoms with Crippen molar-refractivity contribution in [1.82, 2.24) is 36.4 Å². The number of nitrogens with two attached hydrogens (primary N) is 1. The smallest absolute Gasteiger partial charge is 0.353 e. The number of hydrazine groups is 2. The van der Waals surface area contributed by atoms with Gasteiger partial charge in [-0.15, -0.1) is 0 Å². The number of carbonyl (C=O) groups excluding carboxylic acids is 5. The Morgan fingerprint density at radius 3 is 2.51 bits per heavy atom. The second kappa shape index (κ2) is 13.2. The van der Waals surface area contributed by atoms with E-state index in [4.69, 9.17) is 5.84 Å². The minimum absolute atomic E-state index is 0.0461. The molecule has 1 aliphatic carbocycles. The van der Waals surface area contributed by atoms with E-state index < -0.39 is 30.1 Å². The first-order chi connectivity index (χ1) is 17.7. The number of carbonyl (C=O) groups is 5. The number of rotatable bonds is 8. The quantitative estimate of drug-likeness (QED) is 0.126. The van der Waals surface area contributed by atoms with Crippen LogP contribution in [0, 0.1) is 11.8 Å². The molecule has 14 nitrogen and oxygen atoms in total. The summed E-state index contributed by atoms with van der Waals surface area (Å²) in [7, 11) is 1.64. The van der Waals surface area contributed by atoms with Crippen LogP contribution in [0.2, 0.25) is 0 Å². The number of hydrogen-bond acceptors (Lipinski definition) is 7. The van der Waals surface area contributed by atoms with Crippen LogP contribution >= 0.6 is 0 Å². The van der Waals surface area contributed by atoms with Crippen LogP contribution in [0.15, 0.2) is 5.10 Å². The van der Waals surface area contributed by atoms with Crippen molar-refractivity contribution in [2.75, 3.05) is 26.7 Å². The fraction of sp³-hybridized carbons (Fsp3) is 0.739. The molecule has 0 radical (unpaired) electrons. The minimum Gasteiger partial charge on any atom is -0.359 e. The summed E-state index contributed by atoms with van der Waals surface area (Å²) in [4.78, 5) is 62.1. The second-order valence-electron chi connectivity index (χ2n) is 9.70. The van der Waals surface area contributed by atoms with Crippen LogP contribution in [0.5, 0.6) is 0 Å². The molecular weight excluding hydrogens is 482 g/mol. The molecule has 2 aliphatic heterocycles. The predicted octanol–water partition coefficient (Wildman–Crippen LogP) is -0.374. The standard InChI is InChI=1S/C23H39N9O5/c1-3-17(14-27-29-22(36)26-13-15-6-8-16(9-7-15)20(34)25-2)28-21(35)18-5-4-11-31-19(33)10-12-30(24)23(37)32(18)31/h14-18H,3-13,24H2,1-2H3,(H,25,34)(H,28,35)(H2,26,29,36)/b27-14+/t15?,16?,17-,18-/m0/s1. The Kier molecular flexibility index (Phi) is 10.1. The lowest BCUT2D eigenvalue weighted by molar-refractivity contribution is -0.155. The second-order valence-corrected chi connectivity index (χ2v) is 9.70. The topological polar surface area (TPSA) is 182 Å². The van der Waals surface area contributed by atoms with E-state index in [2.05, 4.69) is 26.5 Å². The third-order valence-corrected chi connectivity index (χ3v) is 7.20. The number of nitrogens with zero attached hydrogens (tertiary/aromatic N) is 4. The molecule has 2 atom stereocenters. The maximum Gasteiger partial charge on any atom is 0.353 e. The van der Waals surface area contributed by atoms with Gasteiger partial charge in [0.05, 0.1) is 6.04 Å². The highest BCUT2D eigenvalue weighted by molar-refractivity contribution is 5.91. The highest BCUT2D eigenvalue weighted by Crippen LogP contribution is 2.28. The van der Waals surface area contributed by atoms with Gasteiger partial charge in [0.1, 0.15) is 6.04 Å². The van der Waals surface area contributed by atoms with Crippen LogP contribution in [0.25, 0.3) is 0 Å². The number of hydrazone groups is 1. The average Bonchev–Trinajstić information content (AvgIpc) is 3.02. The first kappa shape index (κ1) is 28.2. The molecule has 6 N–H and O–H groups in total. The highest BCUT2D eigenvalue weighted by atomic mass is 16.2. The molecule has 37 heavy (non-hydrogen) atoms. The number of urea groups is 2. The zero-order chi connectivity index (χ0) is 26.9. The summed E-state index contributed by atoms with van der Waals surface area (Å²) in [5.74, 6) is 5.54. The van der Waals surface area contributed by atoms with Gasteiger partial charge in [0.2, 0.25) is 17.7 Å². The molecule has 0 aromatic rings. The molecule has 14 heteroatoms. The summed E-state index contributed by atoms with van der Waals surface area (Å²) in [6, 6.07) is -2.40.